The highest BCUT2D eigenvalue weighted by Gasteiger charge is 2.13. The number of halogens is 4. The van der Waals surface area contributed by atoms with Gasteiger partial charge in [0.15, 0.2) is 0 Å². The summed E-state index contributed by atoms with van der Waals surface area (Å²) in [4.78, 5) is 11.8. The fraction of sp³-hybridized carbons (Fsp3) is 0.125. The predicted octanol–water partition coefficient (Wildman–Crippen LogP) is 3.36. The molecule has 2 N–H and O–H groups in total. The number of amides is 1. The number of hydrogen-bond acceptors (Lipinski definition) is 5. The van der Waals surface area contributed by atoms with Crippen molar-refractivity contribution in [2.24, 2.45) is 5.10 Å². The van der Waals surface area contributed by atoms with E-state index in [1.165, 1.54) is 24.3 Å². The minimum absolute atomic E-state index is 0.00192. The van der Waals surface area contributed by atoms with Crippen LogP contribution in [0.1, 0.15) is 15.9 Å². The van der Waals surface area contributed by atoms with Crippen LogP contribution in [-0.4, -0.2) is 30.5 Å². The molecule has 0 saturated heterocycles. The molecule has 0 aromatic heterocycles. The van der Waals surface area contributed by atoms with E-state index in [1.807, 2.05) is 0 Å². The van der Waals surface area contributed by atoms with Crippen LogP contribution >= 0.6 is 0 Å². The molecular formula is C16H12F4N2O4. The first-order valence-electron chi connectivity index (χ1n) is 7.01. The number of hydrazone groups is 1. The lowest BCUT2D eigenvalue weighted by Crippen LogP contribution is -2.17. The number of carbonyl (C=O) groups is 1. The van der Waals surface area contributed by atoms with Crippen molar-refractivity contribution in [1.82, 2.24) is 5.43 Å². The van der Waals surface area contributed by atoms with Crippen LogP contribution in [0.15, 0.2) is 47.6 Å². The van der Waals surface area contributed by atoms with Gasteiger partial charge in [-0.05, 0) is 36.4 Å². The van der Waals surface area contributed by atoms with Gasteiger partial charge in [0.25, 0.3) is 5.91 Å². The first-order chi connectivity index (χ1) is 12.3. The summed E-state index contributed by atoms with van der Waals surface area (Å²) in [6.07, 6.45) is 1.00. The van der Waals surface area contributed by atoms with E-state index in [1.54, 1.807) is 0 Å². The Balaban J connectivity index is 2.12. The number of phenolic OH excluding ortho intramolecular Hbond substituents is 1. The number of alkyl halides is 4. The molecule has 0 radical (unpaired) electrons. The van der Waals surface area contributed by atoms with Crippen molar-refractivity contribution < 1.29 is 36.9 Å². The lowest BCUT2D eigenvalue weighted by Gasteiger charge is -2.10. The molecule has 0 aliphatic carbocycles. The van der Waals surface area contributed by atoms with Crippen molar-refractivity contribution >= 4 is 12.1 Å². The van der Waals surface area contributed by atoms with Crippen LogP contribution in [0.25, 0.3) is 0 Å². The van der Waals surface area contributed by atoms with E-state index in [0.29, 0.717) is 0 Å². The average Bonchev–Trinajstić information content (AvgIpc) is 2.56. The maximum Gasteiger partial charge on any atom is 0.387 e. The maximum absolute atomic E-state index is 12.5. The van der Waals surface area contributed by atoms with Gasteiger partial charge in [0.05, 0.1) is 6.21 Å². The van der Waals surface area contributed by atoms with E-state index in [9.17, 15) is 22.4 Å². The normalized spacial score (nSPS) is 11.2. The number of benzene rings is 2. The van der Waals surface area contributed by atoms with E-state index >= 15 is 0 Å². The van der Waals surface area contributed by atoms with E-state index in [2.05, 4.69) is 20.0 Å². The summed E-state index contributed by atoms with van der Waals surface area (Å²) >= 11 is 0. The van der Waals surface area contributed by atoms with Crippen LogP contribution in [0, 0.1) is 0 Å². The second kappa shape index (κ2) is 8.70. The molecule has 26 heavy (non-hydrogen) atoms. The quantitative estimate of drug-likeness (QED) is 0.444. The van der Waals surface area contributed by atoms with Crippen molar-refractivity contribution in [3.63, 3.8) is 0 Å². The monoisotopic (exact) mass is 372 g/mol. The highest BCUT2D eigenvalue weighted by atomic mass is 19.3. The van der Waals surface area contributed by atoms with E-state index < -0.39 is 24.9 Å². The summed E-state index contributed by atoms with van der Waals surface area (Å²) in [6, 6.07) is 8.41. The van der Waals surface area contributed by atoms with Gasteiger partial charge in [0, 0.05) is 17.2 Å². The van der Waals surface area contributed by atoms with Crippen LogP contribution in [-0.2, 0) is 0 Å². The second-order valence-corrected chi connectivity index (χ2v) is 4.70. The Morgan fingerprint density at radius 3 is 2.31 bits per heavy atom. The third-order valence-electron chi connectivity index (χ3n) is 2.93. The highest BCUT2D eigenvalue weighted by molar-refractivity contribution is 5.95. The lowest BCUT2D eigenvalue weighted by atomic mass is 10.2. The van der Waals surface area contributed by atoms with Gasteiger partial charge in [-0.25, -0.2) is 5.43 Å². The van der Waals surface area contributed by atoms with E-state index in [0.717, 1.165) is 24.4 Å². The van der Waals surface area contributed by atoms with Crippen LogP contribution < -0.4 is 14.9 Å². The van der Waals surface area contributed by atoms with Crippen molar-refractivity contribution in [3.05, 3.63) is 53.6 Å². The third kappa shape index (κ3) is 5.65. The molecule has 0 atom stereocenters. The van der Waals surface area contributed by atoms with Crippen molar-refractivity contribution in [2.75, 3.05) is 0 Å². The second-order valence-electron chi connectivity index (χ2n) is 4.70. The van der Waals surface area contributed by atoms with Gasteiger partial charge in [-0.3, -0.25) is 4.79 Å². The molecule has 1 amide bonds. The molecule has 6 nitrogen and oxygen atoms in total. The Hall–Kier alpha value is -3.30. The molecule has 0 unspecified atom stereocenters. The van der Waals surface area contributed by atoms with Gasteiger partial charge < -0.3 is 14.6 Å². The zero-order chi connectivity index (χ0) is 19.1. The number of ether oxygens (including phenoxy) is 2. The van der Waals surface area contributed by atoms with Gasteiger partial charge in [0.1, 0.15) is 17.2 Å². The van der Waals surface area contributed by atoms with Gasteiger partial charge in [-0.15, -0.1) is 0 Å². The first-order valence-corrected chi connectivity index (χ1v) is 7.01. The summed E-state index contributed by atoms with van der Waals surface area (Å²) in [6.45, 7) is -6.32. The zero-order valence-electron chi connectivity index (χ0n) is 12.9. The molecule has 0 saturated carbocycles. The first kappa shape index (κ1) is 19.0. The SMILES string of the molecule is O=C(N/N=C/c1ccc(OC(F)F)cc1OC(F)F)c1ccc(O)cc1. The molecule has 2 rings (SSSR count). The molecule has 0 heterocycles. The summed E-state index contributed by atoms with van der Waals surface area (Å²) in [5.41, 5.74) is 2.35. The third-order valence-corrected chi connectivity index (χ3v) is 2.93. The Morgan fingerprint density at radius 1 is 1.04 bits per heavy atom. The molecule has 0 spiro atoms. The van der Waals surface area contributed by atoms with E-state index in [-0.39, 0.29) is 22.6 Å². The molecule has 0 aliphatic rings. The number of hydrogen-bond donors (Lipinski definition) is 2. The van der Waals surface area contributed by atoms with Crippen LogP contribution in [0.2, 0.25) is 0 Å². The van der Waals surface area contributed by atoms with Gasteiger partial charge in [0.2, 0.25) is 0 Å². The van der Waals surface area contributed by atoms with Crippen LogP contribution in [0.4, 0.5) is 17.6 Å². The number of aromatic hydroxyl groups is 1. The molecule has 2 aromatic carbocycles. The predicted molar refractivity (Wildman–Crippen MR) is 82.9 cm³/mol. The van der Waals surface area contributed by atoms with Gasteiger partial charge in [-0.2, -0.15) is 22.7 Å². The highest BCUT2D eigenvalue weighted by Crippen LogP contribution is 2.26. The van der Waals surface area contributed by atoms with Crippen molar-refractivity contribution in [2.45, 2.75) is 13.2 Å². The Labute approximate surface area is 144 Å². The summed E-state index contributed by atoms with van der Waals surface area (Å²) in [7, 11) is 0. The van der Waals surface area contributed by atoms with Crippen LogP contribution in [0.5, 0.6) is 17.2 Å². The minimum Gasteiger partial charge on any atom is -0.508 e. The maximum atomic E-state index is 12.5. The standard InChI is InChI=1S/C16H12F4N2O4/c17-15(18)25-12-6-3-10(13(7-12)26-16(19)20)8-21-22-14(24)9-1-4-11(23)5-2-9/h1-8,15-16,23H,(H,22,24)/b21-8+. The molecule has 138 valence electrons. The molecule has 2 aromatic rings. The van der Waals surface area contributed by atoms with Gasteiger partial charge in [-0.1, -0.05) is 0 Å². The summed E-state index contributed by atoms with van der Waals surface area (Å²) in [5.74, 6) is -1.47. The van der Waals surface area contributed by atoms with Gasteiger partial charge >= 0.3 is 13.2 Å². The average molecular weight is 372 g/mol. The zero-order valence-corrected chi connectivity index (χ0v) is 12.9. The van der Waals surface area contributed by atoms with E-state index in [4.69, 9.17) is 5.11 Å². The topological polar surface area (TPSA) is 80.2 Å². The number of rotatable bonds is 7. The number of nitrogens with zero attached hydrogens (tertiary/aromatic N) is 1. The lowest BCUT2D eigenvalue weighted by molar-refractivity contribution is -0.0543. The van der Waals surface area contributed by atoms with Crippen molar-refractivity contribution in [1.29, 1.82) is 0 Å². The molecule has 0 aliphatic heterocycles. The summed E-state index contributed by atoms with van der Waals surface area (Å²) in [5, 5.41) is 12.7. The summed E-state index contributed by atoms with van der Waals surface area (Å²) < 4.78 is 57.6. The molecule has 0 bridgehead atoms. The largest absolute Gasteiger partial charge is 0.508 e. The Bertz CT molecular complexity index is 782. The Morgan fingerprint density at radius 2 is 1.69 bits per heavy atom. The van der Waals surface area contributed by atoms with Crippen LogP contribution in [0.3, 0.4) is 0 Å². The van der Waals surface area contributed by atoms with Crippen molar-refractivity contribution in [3.8, 4) is 17.2 Å². The fourth-order valence-electron chi connectivity index (χ4n) is 1.83. The number of phenols is 1. The molecular weight excluding hydrogens is 360 g/mol. The fourth-order valence-corrected chi connectivity index (χ4v) is 1.83. The smallest absolute Gasteiger partial charge is 0.387 e. The molecule has 10 heteroatoms. The minimum atomic E-state index is -3.20. The number of carbonyl (C=O) groups excluding carboxylic acids is 1. The Kier molecular flexibility index (Phi) is 6.36. The number of nitrogens with one attached hydrogen (secondary N) is 1. The molecule has 0 fully saturated rings.